The number of nitrogens with zero attached hydrogens (tertiary/aromatic N) is 1. The summed E-state index contributed by atoms with van der Waals surface area (Å²) in [5.41, 5.74) is -0.164. The molecule has 1 aliphatic heterocycles. The van der Waals surface area contributed by atoms with Crippen LogP contribution >= 0.6 is 0 Å². The molecule has 2 nitrogen and oxygen atoms in total. The molecule has 1 heterocycles. The highest BCUT2D eigenvalue weighted by molar-refractivity contribution is 5.58. The second-order valence-corrected chi connectivity index (χ2v) is 4.90. The van der Waals surface area contributed by atoms with Crippen LogP contribution < -0.4 is 0 Å². The van der Waals surface area contributed by atoms with Crippen LogP contribution in [0.4, 0.5) is 0 Å². The van der Waals surface area contributed by atoms with E-state index in [4.69, 9.17) is 0 Å². The molecule has 76 valence electrons. The zero-order valence-electron chi connectivity index (χ0n) is 9.05. The van der Waals surface area contributed by atoms with Gasteiger partial charge in [-0.2, -0.15) is 0 Å². The fraction of sp³-hybridized carbons (Fsp3) is 0.909. The van der Waals surface area contributed by atoms with Gasteiger partial charge >= 0.3 is 0 Å². The maximum absolute atomic E-state index is 10.7. The quantitative estimate of drug-likeness (QED) is 0.621. The van der Waals surface area contributed by atoms with Crippen LogP contribution in [0.15, 0.2) is 0 Å². The van der Waals surface area contributed by atoms with E-state index in [-0.39, 0.29) is 5.41 Å². The van der Waals surface area contributed by atoms with Crippen molar-refractivity contribution in [1.29, 1.82) is 0 Å². The van der Waals surface area contributed by atoms with E-state index in [1.165, 1.54) is 25.9 Å². The fourth-order valence-corrected chi connectivity index (χ4v) is 2.00. The lowest BCUT2D eigenvalue weighted by Crippen LogP contribution is -2.33. The summed E-state index contributed by atoms with van der Waals surface area (Å²) in [6.07, 6.45) is 3.66. The highest BCUT2D eigenvalue weighted by Gasteiger charge is 2.26. The predicted octanol–water partition coefficient (Wildman–Crippen LogP) is 1.94. The minimum Gasteiger partial charge on any atom is -0.303 e. The Morgan fingerprint density at radius 1 is 1.54 bits per heavy atom. The number of carbonyl (C=O) groups excluding carboxylic acids is 1. The summed E-state index contributed by atoms with van der Waals surface area (Å²) < 4.78 is 0. The summed E-state index contributed by atoms with van der Waals surface area (Å²) in [5, 5.41) is 0. The lowest BCUT2D eigenvalue weighted by atomic mass is 9.95. The smallest absolute Gasteiger partial charge is 0.126 e. The molecule has 0 aliphatic carbocycles. The molecule has 0 amide bonds. The van der Waals surface area contributed by atoms with Crippen molar-refractivity contribution in [2.24, 2.45) is 11.3 Å². The van der Waals surface area contributed by atoms with Gasteiger partial charge in [0.25, 0.3) is 0 Å². The Balaban J connectivity index is 2.35. The van der Waals surface area contributed by atoms with Gasteiger partial charge in [0.15, 0.2) is 0 Å². The second-order valence-electron chi connectivity index (χ2n) is 4.90. The number of hydrogen-bond acceptors (Lipinski definition) is 2. The predicted molar refractivity (Wildman–Crippen MR) is 54.7 cm³/mol. The van der Waals surface area contributed by atoms with Crippen molar-refractivity contribution in [1.82, 2.24) is 4.90 Å². The van der Waals surface area contributed by atoms with Crippen molar-refractivity contribution in [3.63, 3.8) is 0 Å². The van der Waals surface area contributed by atoms with Crippen LogP contribution in [0.5, 0.6) is 0 Å². The average Bonchev–Trinajstić information content (AvgIpc) is 2.52. The summed E-state index contributed by atoms with van der Waals surface area (Å²) in [6, 6.07) is 0. The standard InChI is InChI=1S/C11H21NO/c1-4-10-5-6-12(7-10)8-11(2,3)9-13/h9-10H,4-8H2,1-3H3. The normalized spacial score (nSPS) is 25.0. The number of aldehydes is 1. The number of hydrogen-bond donors (Lipinski definition) is 0. The van der Waals surface area contributed by atoms with E-state index in [1.54, 1.807) is 0 Å². The van der Waals surface area contributed by atoms with Gasteiger partial charge in [-0.25, -0.2) is 0 Å². The first kappa shape index (κ1) is 10.7. The van der Waals surface area contributed by atoms with Gasteiger partial charge in [0.05, 0.1) is 0 Å². The fourth-order valence-electron chi connectivity index (χ4n) is 2.00. The SMILES string of the molecule is CCC1CCN(CC(C)(C)C=O)C1. The molecule has 2 heteroatoms. The third-order valence-corrected chi connectivity index (χ3v) is 2.90. The van der Waals surface area contributed by atoms with E-state index >= 15 is 0 Å². The highest BCUT2D eigenvalue weighted by atomic mass is 16.1. The molecule has 0 radical (unpaired) electrons. The van der Waals surface area contributed by atoms with Crippen molar-refractivity contribution in [3.8, 4) is 0 Å². The van der Waals surface area contributed by atoms with Crippen molar-refractivity contribution < 1.29 is 4.79 Å². The molecule has 1 unspecified atom stereocenters. The first-order valence-electron chi connectivity index (χ1n) is 5.26. The monoisotopic (exact) mass is 183 g/mol. The number of carbonyl (C=O) groups is 1. The molecule has 0 N–H and O–H groups in total. The molecule has 1 fully saturated rings. The van der Waals surface area contributed by atoms with Crippen LogP contribution in [-0.4, -0.2) is 30.8 Å². The molecule has 0 aromatic heterocycles. The number of rotatable bonds is 4. The van der Waals surface area contributed by atoms with Gasteiger partial charge in [-0.15, -0.1) is 0 Å². The molecule has 13 heavy (non-hydrogen) atoms. The Hall–Kier alpha value is -0.370. The van der Waals surface area contributed by atoms with Crippen molar-refractivity contribution >= 4 is 6.29 Å². The average molecular weight is 183 g/mol. The zero-order valence-corrected chi connectivity index (χ0v) is 9.05. The Morgan fingerprint density at radius 2 is 2.23 bits per heavy atom. The molecule has 0 aromatic carbocycles. The first-order valence-corrected chi connectivity index (χ1v) is 5.26. The first-order chi connectivity index (χ1) is 6.07. The van der Waals surface area contributed by atoms with Crippen LogP contribution in [0.3, 0.4) is 0 Å². The Morgan fingerprint density at radius 3 is 2.69 bits per heavy atom. The lowest BCUT2D eigenvalue weighted by Gasteiger charge is -2.24. The third-order valence-electron chi connectivity index (χ3n) is 2.90. The maximum Gasteiger partial charge on any atom is 0.126 e. The Labute approximate surface area is 81.3 Å². The summed E-state index contributed by atoms with van der Waals surface area (Å²) in [4.78, 5) is 13.2. The van der Waals surface area contributed by atoms with Gasteiger partial charge in [0.2, 0.25) is 0 Å². The van der Waals surface area contributed by atoms with Gasteiger partial charge in [-0.3, -0.25) is 0 Å². The van der Waals surface area contributed by atoms with Crippen LogP contribution in [0.25, 0.3) is 0 Å². The van der Waals surface area contributed by atoms with Gasteiger partial charge < -0.3 is 9.69 Å². The van der Waals surface area contributed by atoms with Crippen molar-refractivity contribution in [2.45, 2.75) is 33.6 Å². The summed E-state index contributed by atoms with van der Waals surface area (Å²) in [5.74, 6) is 0.863. The highest BCUT2D eigenvalue weighted by Crippen LogP contribution is 2.22. The molecule has 0 saturated carbocycles. The molecule has 1 saturated heterocycles. The van der Waals surface area contributed by atoms with Gasteiger partial charge in [-0.05, 0) is 18.9 Å². The van der Waals surface area contributed by atoms with Crippen LogP contribution in [0.2, 0.25) is 0 Å². The number of likely N-dealkylation sites (tertiary alicyclic amines) is 1. The molecular formula is C11H21NO. The van der Waals surface area contributed by atoms with Crippen molar-refractivity contribution in [2.75, 3.05) is 19.6 Å². The van der Waals surface area contributed by atoms with Crippen LogP contribution in [0.1, 0.15) is 33.6 Å². The van der Waals surface area contributed by atoms with Gasteiger partial charge in [0.1, 0.15) is 6.29 Å². The van der Waals surface area contributed by atoms with E-state index in [1.807, 2.05) is 13.8 Å². The maximum atomic E-state index is 10.7. The zero-order chi connectivity index (χ0) is 9.90. The summed E-state index contributed by atoms with van der Waals surface area (Å²) in [7, 11) is 0. The van der Waals surface area contributed by atoms with Crippen molar-refractivity contribution in [3.05, 3.63) is 0 Å². The Kier molecular flexibility index (Phi) is 3.48. The van der Waals surface area contributed by atoms with E-state index in [0.717, 1.165) is 18.7 Å². The van der Waals surface area contributed by atoms with Crippen LogP contribution in [0, 0.1) is 11.3 Å². The van der Waals surface area contributed by atoms with E-state index in [9.17, 15) is 4.79 Å². The molecule has 0 aromatic rings. The lowest BCUT2D eigenvalue weighted by molar-refractivity contribution is -0.115. The van der Waals surface area contributed by atoms with E-state index < -0.39 is 0 Å². The van der Waals surface area contributed by atoms with E-state index in [0.29, 0.717) is 0 Å². The largest absolute Gasteiger partial charge is 0.303 e. The molecule has 0 bridgehead atoms. The molecule has 1 aliphatic rings. The second kappa shape index (κ2) is 4.23. The van der Waals surface area contributed by atoms with Gasteiger partial charge in [-0.1, -0.05) is 27.2 Å². The van der Waals surface area contributed by atoms with Crippen LogP contribution in [-0.2, 0) is 4.79 Å². The summed E-state index contributed by atoms with van der Waals surface area (Å²) in [6.45, 7) is 9.56. The third kappa shape index (κ3) is 3.11. The minimum atomic E-state index is -0.164. The topological polar surface area (TPSA) is 20.3 Å². The van der Waals surface area contributed by atoms with E-state index in [2.05, 4.69) is 11.8 Å². The molecule has 1 atom stereocenters. The molecular weight excluding hydrogens is 162 g/mol. The summed E-state index contributed by atoms with van der Waals surface area (Å²) >= 11 is 0. The minimum absolute atomic E-state index is 0.164. The van der Waals surface area contributed by atoms with Gasteiger partial charge in [0, 0.05) is 18.5 Å². The molecule has 0 spiro atoms. The molecule has 1 rings (SSSR count). The Bertz CT molecular complexity index is 177.